The van der Waals surface area contributed by atoms with Crippen molar-refractivity contribution in [2.45, 2.75) is 43.8 Å². The first-order valence-electron chi connectivity index (χ1n) is 10.4. The normalized spacial score (nSPS) is 32.6. The number of aryl methyl sites for hydroxylation is 1. The molecule has 0 spiro atoms. The van der Waals surface area contributed by atoms with E-state index in [0.717, 1.165) is 24.3 Å². The zero-order valence-electron chi connectivity index (χ0n) is 16.2. The summed E-state index contributed by atoms with van der Waals surface area (Å²) in [5.74, 6) is 2.45. The summed E-state index contributed by atoms with van der Waals surface area (Å²) in [4.78, 5) is 5.58. The third kappa shape index (κ3) is 3.17. The van der Waals surface area contributed by atoms with E-state index < -0.39 is 0 Å². The van der Waals surface area contributed by atoms with Gasteiger partial charge < -0.3 is 4.74 Å². The molecular weight excluding hydrogens is 336 g/mol. The van der Waals surface area contributed by atoms with Crippen LogP contribution in [0.5, 0.6) is 5.75 Å². The molecule has 6 rings (SSSR count). The van der Waals surface area contributed by atoms with Crippen LogP contribution in [0, 0.1) is 5.92 Å². The number of hydrogen-bond donors (Lipinski definition) is 0. The Kier molecular flexibility index (Phi) is 4.66. The molecular formula is C22H30N4O. The number of nitrogens with zero attached hydrogens (tertiary/aromatic N) is 4. The number of likely N-dealkylation sites (tertiary alicyclic amines) is 1. The van der Waals surface area contributed by atoms with Crippen molar-refractivity contribution in [1.82, 2.24) is 19.6 Å². The van der Waals surface area contributed by atoms with Crippen LogP contribution in [0.1, 0.15) is 30.7 Å². The minimum atomic E-state index is 0.595. The number of aromatic nitrogens is 2. The second-order valence-electron chi connectivity index (χ2n) is 8.36. The fourth-order valence-electron chi connectivity index (χ4n) is 5.83. The van der Waals surface area contributed by atoms with Gasteiger partial charge in [-0.15, -0.1) is 0 Å². The van der Waals surface area contributed by atoms with Gasteiger partial charge in [0.15, 0.2) is 0 Å². The van der Waals surface area contributed by atoms with E-state index in [-0.39, 0.29) is 0 Å². The topological polar surface area (TPSA) is 33.5 Å². The van der Waals surface area contributed by atoms with Gasteiger partial charge in [-0.25, -0.2) is 0 Å². The Bertz CT molecular complexity index is 753. The van der Waals surface area contributed by atoms with Gasteiger partial charge in [-0.3, -0.25) is 14.5 Å². The molecule has 3 atom stereocenters. The van der Waals surface area contributed by atoms with E-state index in [2.05, 4.69) is 50.0 Å². The lowest BCUT2D eigenvalue weighted by atomic mass is 9.75. The average Bonchev–Trinajstić information content (AvgIpc) is 3.38. The van der Waals surface area contributed by atoms with E-state index >= 15 is 0 Å². The molecule has 27 heavy (non-hydrogen) atoms. The predicted molar refractivity (Wildman–Crippen MR) is 106 cm³/mol. The van der Waals surface area contributed by atoms with Gasteiger partial charge in [0.25, 0.3) is 0 Å². The molecule has 0 radical (unpaired) electrons. The molecule has 2 aromatic rings. The van der Waals surface area contributed by atoms with Crippen molar-refractivity contribution >= 4 is 0 Å². The number of benzene rings is 1. The van der Waals surface area contributed by atoms with Crippen LogP contribution in [0.3, 0.4) is 0 Å². The molecule has 4 aliphatic heterocycles. The Morgan fingerprint density at radius 1 is 1.11 bits per heavy atom. The third-order valence-corrected chi connectivity index (χ3v) is 7.01. The van der Waals surface area contributed by atoms with Crippen molar-refractivity contribution in [2.75, 3.05) is 33.3 Å². The van der Waals surface area contributed by atoms with Crippen LogP contribution in [0.15, 0.2) is 42.7 Å². The van der Waals surface area contributed by atoms with Crippen LogP contribution in [0.2, 0.25) is 0 Å². The number of ether oxygens (including phenoxy) is 1. The Labute approximate surface area is 161 Å². The van der Waals surface area contributed by atoms with Crippen molar-refractivity contribution in [3.8, 4) is 5.75 Å². The highest BCUT2D eigenvalue weighted by atomic mass is 16.5. The van der Waals surface area contributed by atoms with Gasteiger partial charge in [0.1, 0.15) is 5.75 Å². The summed E-state index contributed by atoms with van der Waals surface area (Å²) >= 11 is 0. The Balaban J connectivity index is 1.36. The lowest BCUT2D eigenvalue weighted by molar-refractivity contribution is -0.00698. The molecule has 0 saturated carbocycles. The average molecular weight is 367 g/mol. The first-order valence-corrected chi connectivity index (χ1v) is 10.4. The summed E-state index contributed by atoms with van der Waals surface area (Å²) in [6.45, 7) is 5.93. The number of piperidine rings is 3. The fourth-order valence-corrected chi connectivity index (χ4v) is 5.83. The Morgan fingerprint density at radius 2 is 2.00 bits per heavy atom. The molecule has 0 amide bonds. The first kappa shape index (κ1) is 17.3. The van der Waals surface area contributed by atoms with E-state index in [9.17, 15) is 0 Å². The number of rotatable bonds is 6. The zero-order chi connectivity index (χ0) is 18.2. The second kappa shape index (κ2) is 7.28. The minimum Gasteiger partial charge on any atom is -0.497 e. The van der Waals surface area contributed by atoms with E-state index in [4.69, 9.17) is 4.74 Å². The molecule has 5 heteroatoms. The summed E-state index contributed by atoms with van der Waals surface area (Å²) < 4.78 is 7.57. The molecule has 5 nitrogen and oxygen atoms in total. The Hall–Kier alpha value is -1.85. The summed E-state index contributed by atoms with van der Waals surface area (Å²) in [6.07, 6.45) is 7.87. The molecule has 5 heterocycles. The smallest absolute Gasteiger partial charge is 0.119 e. The van der Waals surface area contributed by atoms with Gasteiger partial charge in [-0.2, -0.15) is 5.10 Å². The van der Waals surface area contributed by atoms with E-state index in [1.165, 1.54) is 51.0 Å². The lowest BCUT2D eigenvalue weighted by Gasteiger charge is -2.51. The van der Waals surface area contributed by atoms with Crippen molar-refractivity contribution in [1.29, 1.82) is 0 Å². The molecule has 0 aliphatic carbocycles. The number of fused-ring (bicyclic) bond motifs is 2. The van der Waals surface area contributed by atoms with Crippen molar-refractivity contribution in [2.24, 2.45) is 5.92 Å². The molecule has 4 fully saturated rings. The number of hydrogen-bond acceptors (Lipinski definition) is 4. The highest BCUT2D eigenvalue weighted by Crippen LogP contribution is 2.46. The van der Waals surface area contributed by atoms with E-state index in [1.807, 2.05) is 12.3 Å². The van der Waals surface area contributed by atoms with Crippen LogP contribution in [-0.4, -0.2) is 65.0 Å². The van der Waals surface area contributed by atoms with Crippen LogP contribution >= 0.6 is 0 Å². The highest BCUT2D eigenvalue weighted by molar-refractivity contribution is 5.34. The second-order valence-corrected chi connectivity index (χ2v) is 8.36. The van der Waals surface area contributed by atoms with E-state index in [1.54, 1.807) is 7.11 Å². The van der Waals surface area contributed by atoms with Crippen molar-refractivity contribution in [3.63, 3.8) is 0 Å². The quantitative estimate of drug-likeness (QED) is 0.787. The van der Waals surface area contributed by atoms with Crippen LogP contribution < -0.4 is 4.74 Å². The standard InChI is InChI=1S/C22H30N4O/c1-27-19-6-2-5-18(15-19)20-16-25(10-4-12-26-11-3-9-23-26)21-17-7-13-24(14-8-17)22(20)21/h2-3,5-6,9,11,15,17,20-22H,4,7-8,10,12-14,16H2,1H3/t20-,21-,22-/m1/s1. The molecule has 4 saturated heterocycles. The maximum absolute atomic E-state index is 5.51. The summed E-state index contributed by atoms with van der Waals surface area (Å²) in [5.41, 5.74) is 1.45. The zero-order valence-corrected chi connectivity index (χ0v) is 16.2. The van der Waals surface area contributed by atoms with E-state index in [0.29, 0.717) is 12.0 Å². The number of methoxy groups -OCH3 is 1. The third-order valence-electron chi connectivity index (χ3n) is 7.01. The van der Waals surface area contributed by atoms with Crippen LogP contribution in [-0.2, 0) is 6.54 Å². The highest BCUT2D eigenvalue weighted by Gasteiger charge is 2.52. The van der Waals surface area contributed by atoms with Gasteiger partial charge in [-0.1, -0.05) is 12.1 Å². The molecule has 0 unspecified atom stereocenters. The summed E-state index contributed by atoms with van der Waals surface area (Å²) in [7, 11) is 1.77. The Morgan fingerprint density at radius 3 is 2.78 bits per heavy atom. The van der Waals surface area contributed by atoms with Gasteiger partial charge in [0.2, 0.25) is 0 Å². The molecule has 4 aliphatic rings. The van der Waals surface area contributed by atoms with Gasteiger partial charge in [-0.05, 0) is 62.0 Å². The summed E-state index contributed by atoms with van der Waals surface area (Å²) in [6, 6.07) is 12.2. The first-order chi connectivity index (χ1) is 13.3. The molecule has 144 valence electrons. The SMILES string of the molecule is COc1cccc([C@H]2CN(CCCn3cccn3)[C@@H]3C4CCN(CC4)[C@H]23)c1. The predicted octanol–water partition coefficient (Wildman–Crippen LogP) is 2.84. The largest absolute Gasteiger partial charge is 0.497 e. The lowest BCUT2D eigenvalue weighted by Crippen LogP contribution is -2.60. The maximum Gasteiger partial charge on any atom is 0.119 e. The van der Waals surface area contributed by atoms with Gasteiger partial charge in [0.05, 0.1) is 7.11 Å². The van der Waals surface area contributed by atoms with Crippen LogP contribution in [0.25, 0.3) is 0 Å². The fraction of sp³-hybridized carbons (Fsp3) is 0.591. The van der Waals surface area contributed by atoms with Crippen molar-refractivity contribution in [3.05, 3.63) is 48.3 Å². The van der Waals surface area contributed by atoms with Gasteiger partial charge >= 0.3 is 0 Å². The monoisotopic (exact) mass is 366 g/mol. The molecule has 1 aromatic carbocycles. The van der Waals surface area contributed by atoms with Crippen molar-refractivity contribution < 1.29 is 4.74 Å². The molecule has 0 N–H and O–H groups in total. The van der Waals surface area contributed by atoms with Gasteiger partial charge in [0, 0.05) is 50.0 Å². The summed E-state index contributed by atoms with van der Waals surface area (Å²) in [5, 5.41) is 4.36. The van der Waals surface area contributed by atoms with Crippen LogP contribution in [0.4, 0.5) is 0 Å². The maximum atomic E-state index is 5.51. The molecule has 2 bridgehead atoms. The molecule has 1 aromatic heterocycles. The minimum absolute atomic E-state index is 0.595.